The first-order chi connectivity index (χ1) is 12.1. The molecule has 6 heteroatoms. The van der Waals surface area contributed by atoms with E-state index >= 15 is 0 Å². The van der Waals surface area contributed by atoms with Gasteiger partial charge in [0, 0.05) is 29.5 Å². The lowest BCUT2D eigenvalue weighted by Crippen LogP contribution is -2.45. The third-order valence-corrected chi connectivity index (χ3v) is 6.05. The van der Waals surface area contributed by atoms with Crippen molar-refractivity contribution in [3.63, 3.8) is 0 Å². The highest BCUT2D eigenvalue weighted by molar-refractivity contribution is 7.10. The van der Waals surface area contributed by atoms with Crippen molar-refractivity contribution in [1.29, 1.82) is 0 Å². The van der Waals surface area contributed by atoms with Gasteiger partial charge >= 0.3 is 6.03 Å². The van der Waals surface area contributed by atoms with E-state index in [4.69, 9.17) is 11.6 Å². The average Bonchev–Trinajstić information content (AvgIpc) is 3.17. The topological polar surface area (TPSA) is 52.6 Å². The van der Waals surface area contributed by atoms with Crippen LogP contribution < -0.4 is 5.32 Å². The van der Waals surface area contributed by atoms with Crippen LogP contribution in [0.3, 0.4) is 0 Å². The van der Waals surface area contributed by atoms with E-state index in [1.165, 1.54) is 0 Å². The minimum Gasteiger partial charge on any atom is -0.387 e. The number of hydrogen-bond acceptors (Lipinski definition) is 3. The first kappa shape index (κ1) is 18.2. The Morgan fingerprint density at radius 1 is 1.28 bits per heavy atom. The van der Waals surface area contributed by atoms with Crippen LogP contribution in [-0.2, 0) is 6.42 Å². The van der Waals surface area contributed by atoms with Crippen molar-refractivity contribution >= 4 is 29.0 Å². The number of carbonyl (C=O) groups is 1. The average molecular weight is 379 g/mol. The lowest BCUT2D eigenvalue weighted by atomic mass is 9.90. The monoisotopic (exact) mass is 378 g/mol. The number of amides is 2. The number of urea groups is 1. The van der Waals surface area contributed by atoms with Gasteiger partial charge < -0.3 is 15.3 Å². The molecule has 0 aliphatic carbocycles. The van der Waals surface area contributed by atoms with Crippen molar-refractivity contribution in [2.24, 2.45) is 5.92 Å². The highest BCUT2D eigenvalue weighted by atomic mass is 35.5. The second kappa shape index (κ2) is 8.70. The molecule has 0 bridgehead atoms. The van der Waals surface area contributed by atoms with E-state index in [2.05, 4.69) is 5.32 Å². The Labute approximate surface area is 157 Å². The Morgan fingerprint density at radius 3 is 2.72 bits per heavy atom. The molecular formula is C19H23ClN2O2S. The van der Waals surface area contributed by atoms with E-state index in [0.717, 1.165) is 34.7 Å². The maximum atomic E-state index is 12.3. The molecule has 1 aliphatic heterocycles. The molecule has 0 spiro atoms. The highest BCUT2D eigenvalue weighted by Crippen LogP contribution is 2.32. The van der Waals surface area contributed by atoms with E-state index in [0.29, 0.717) is 19.6 Å². The van der Waals surface area contributed by atoms with Crippen LogP contribution in [-0.4, -0.2) is 35.7 Å². The minimum atomic E-state index is -0.412. The Bertz CT molecular complexity index is 684. The summed E-state index contributed by atoms with van der Waals surface area (Å²) in [6.07, 6.45) is 1.97. The van der Waals surface area contributed by atoms with E-state index in [-0.39, 0.29) is 11.9 Å². The molecule has 1 aromatic heterocycles. The number of aliphatic hydroxyl groups is 1. The van der Waals surface area contributed by atoms with Crippen molar-refractivity contribution in [1.82, 2.24) is 10.2 Å². The summed E-state index contributed by atoms with van der Waals surface area (Å²) in [4.78, 5) is 15.2. The quantitative estimate of drug-likeness (QED) is 0.822. The summed E-state index contributed by atoms with van der Waals surface area (Å²) >= 11 is 7.72. The summed E-state index contributed by atoms with van der Waals surface area (Å²) in [5, 5.41) is 16.1. The predicted molar refractivity (Wildman–Crippen MR) is 102 cm³/mol. The second-order valence-electron chi connectivity index (χ2n) is 6.36. The molecule has 25 heavy (non-hydrogen) atoms. The van der Waals surface area contributed by atoms with Gasteiger partial charge in [0.1, 0.15) is 0 Å². The lowest BCUT2D eigenvalue weighted by Gasteiger charge is -2.34. The number of nitrogens with one attached hydrogen (secondary N) is 1. The zero-order valence-electron chi connectivity index (χ0n) is 14.0. The van der Waals surface area contributed by atoms with Crippen molar-refractivity contribution in [3.8, 4) is 0 Å². The van der Waals surface area contributed by atoms with E-state index < -0.39 is 6.10 Å². The number of hydrogen-bond donors (Lipinski definition) is 2. The molecule has 0 unspecified atom stereocenters. The van der Waals surface area contributed by atoms with Crippen LogP contribution in [0.25, 0.3) is 0 Å². The molecule has 2 amide bonds. The fourth-order valence-electron chi connectivity index (χ4n) is 3.23. The third kappa shape index (κ3) is 4.75. The molecular weight excluding hydrogens is 356 g/mol. The van der Waals surface area contributed by atoms with Gasteiger partial charge in [0.2, 0.25) is 0 Å². The van der Waals surface area contributed by atoms with Crippen LogP contribution in [0, 0.1) is 5.92 Å². The van der Waals surface area contributed by atoms with Gasteiger partial charge in [-0.15, -0.1) is 11.3 Å². The standard InChI is InChI=1S/C19H23ClN2O2S/c20-16-5-2-1-4-14(16)7-10-21-19(24)22-11-8-15(9-12-22)18(23)17-6-3-13-25-17/h1-6,13,15,18,23H,7-12H2,(H,21,24)/t18-/m1/s1. The number of nitrogens with zero attached hydrogens (tertiary/aromatic N) is 1. The summed E-state index contributed by atoms with van der Waals surface area (Å²) < 4.78 is 0. The molecule has 2 N–H and O–H groups in total. The number of aliphatic hydroxyl groups excluding tert-OH is 1. The first-order valence-corrected chi connectivity index (χ1v) is 9.88. The second-order valence-corrected chi connectivity index (χ2v) is 7.74. The molecule has 1 atom stereocenters. The zero-order chi connectivity index (χ0) is 17.6. The summed E-state index contributed by atoms with van der Waals surface area (Å²) in [6, 6.07) is 11.6. The molecule has 2 heterocycles. The normalized spacial score (nSPS) is 16.6. The maximum Gasteiger partial charge on any atom is 0.317 e. The van der Waals surface area contributed by atoms with Crippen molar-refractivity contribution in [2.45, 2.75) is 25.4 Å². The van der Waals surface area contributed by atoms with Crippen LogP contribution in [0.2, 0.25) is 5.02 Å². The Balaban J connectivity index is 1.42. The fourth-order valence-corrected chi connectivity index (χ4v) is 4.26. The lowest BCUT2D eigenvalue weighted by molar-refractivity contribution is 0.0690. The highest BCUT2D eigenvalue weighted by Gasteiger charge is 2.28. The Kier molecular flexibility index (Phi) is 6.34. The number of likely N-dealkylation sites (tertiary alicyclic amines) is 1. The molecule has 1 aliphatic rings. The molecule has 4 nitrogen and oxygen atoms in total. The van der Waals surface area contributed by atoms with Crippen molar-refractivity contribution in [2.75, 3.05) is 19.6 Å². The minimum absolute atomic E-state index is 0.0314. The number of rotatable bonds is 5. The van der Waals surface area contributed by atoms with Crippen LogP contribution in [0.5, 0.6) is 0 Å². The van der Waals surface area contributed by atoms with Gasteiger partial charge in [0.15, 0.2) is 0 Å². The van der Waals surface area contributed by atoms with Gasteiger partial charge in [-0.1, -0.05) is 35.9 Å². The number of thiophene rings is 1. The number of halogens is 1. The summed E-state index contributed by atoms with van der Waals surface area (Å²) in [7, 11) is 0. The fraction of sp³-hybridized carbons (Fsp3) is 0.421. The van der Waals surface area contributed by atoms with Crippen molar-refractivity contribution < 1.29 is 9.90 Å². The van der Waals surface area contributed by atoms with E-state index in [9.17, 15) is 9.90 Å². The number of carbonyl (C=O) groups excluding carboxylic acids is 1. The van der Waals surface area contributed by atoms with Gasteiger partial charge in [-0.2, -0.15) is 0 Å². The van der Waals surface area contributed by atoms with Crippen LogP contribution in [0.15, 0.2) is 41.8 Å². The van der Waals surface area contributed by atoms with Crippen LogP contribution in [0.4, 0.5) is 4.79 Å². The number of benzene rings is 1. The van der Waals surface area contributed by atoms with E-state index in [1.807, 2.05) is 46.7 Å². The summed E-state index contributed by atoms with van der Waals surface area (Å²) in [5.74, 6) is 0.228. The molecule has 1 fully saturated rings. The van der Waals surface area contributed by atoms with Gasteiger partial charge in [-0.05, 0) is 48.3 Å². The molecule has 1 saturated heterocycles. The number of piperidine rings is 1. The van der Waals surface area contributed by atoms with Gasteiger partial charge in [-0.25, -0.2) is 4.79 Å². The SMILES string of the molecule is O=C(NCCc1ccccc1Cl)N1CCC([C@@H](O)c2cccs2)CC1. The summed E-state index contributed by atoms with van der Waals surface area (Å²) in [6.45, 7) is 1.94. The largest absolute Gasteiger partial charge is 0.387 e. The summed E-state index contributed by atoms with van der Waals surface area (Å²) in [5.41, 5.74) is 1.04. The predicted octanol–water partition coefficient (Wildman–Crippen LogP) is 4.10. The maximum absolute atomic E-state index is 12.3. The molecule has 2 aromatic rings. The Hall–Kier alpha value is -1.56. The van der Waals surface area contributed by atoms with Crippen LogP contribution in [0.1, 0.15) is 29.4 Å². The van der Waals surface area contributed by atoms with E-state index in [1.54, 1.807) is 11.3 Å². The molecule has 0 saturated carbocycles. The zero-order valence-corrected chi connectivity index (χ0v) is 15.6. The van der Waals surface area contributed by atoms with Gasteiger partial charge in [0.25, 0.3) is 0 Å². The molecule has 1 aromatic carbocycles. The molecule has 134 valence electrons. The first-order valence-electron chi connectivity index (χ1n) is 8.63. The molecule has 0 radical (unpaired) electrons. The van der Waals surface area contributed by atoms with Crippen LogP contribution >= 0.6 is 22.9 Å². The van der Waals surface area contributed by atoms with Gasteiger partial charge in [0.05, 0.1) is 6.10 Å². The van der Waals surface area contributed by atoms with Gasteiger partial charge in [-0.3, -0.25) is 0 Å². The Morgan fingerprint density at radius 2 is 2.04 bits per heavy atom. The van der Waals surface area contributed by atoms with Crippen molar-refractivity contribution in [3.05, 3.63) is 57.2 Å². The molecule has 3 rings (SSSR count). The third-order valence-electron chi connectivity index (χ3n) is 4.74. The smallest absolute Gasteiger partial charge is 0.317 e.